The van der Waals surface area contributed by atoms with Gasteiger partial charge in [-0.2, -0.15) is 15.5 Å². The lowest BCUT2D eigenvalue weighted by atomic mass is 10.0. The molecule has 1 saturated heterocycles. The molecule has 0 radical (unpaired) electrons. The van der Waals surface area contributed by atoms with E-state index in [0.29, 0.717) is 18.4 Å². The lowest BCUT2D eigenvalue weighted by Gasteiger charge is -2.21. The molecule has 3 aromatic rings. The zero-order chi connectivity index (χ0) is 30.1. The number of nitrogens with two attached hydrogens (primary N) is 1. The lowest BCUT2D eigenvalue weighted by molar-refractivity contribution is -0.134. The number of aromatic nitrogens is 5. The number of nitriles is 1. The molecule has 0 spiro atoms. The summed E-state index contributed by atoms with van der Waals surface area (Å²) in [5.41, 5.74) is 4.94. The van der Waals surface area contributed by atoms with E-state index in [1.807, 2.05) is 6.07 Å². The fourth-order valence-corrected chi connectivity index (χ4v) is 4.11. The van der Waals surface area contributed by atoms with Crippen LogP contribution in [0.2, 0.25) is 0 Å². The third-order valence-electron chi connectivity index (χ3n) is 6.13. The largest absolute Gasteiger partial charge is 0.376 e. The number of primary amides is 1. The molecule has 0 unspecified atom stereocenters. The summed E-state index contributed by atoms with van der Waals surface area (Å²) in [6.07, 6.45) is 3.14. The Bertz CT molecular complexity index is 1580. The van der Waals surface area contributed by atoms with Gasteiger partial charge in [-0.3, -0.25) is 14.3 Å². The normalized spacial score (nSPS) is 26.0. The zero-order valence-electron chi connectivity index (χ0n) is 25.3. The predicted octanol–water partition coefficient (Wildman–Crippen LogP) is 1.18. The highest BCUT2D eigenvalue weighted by Gasteiger charge is 2.54. The van der Waals surface area contributed by atoms with Crippen LogP contribution in [0.4, 0.5) is 5.69 Å². The Morgan fingerprint density at radius 2 is 2.21 bits per heavy atom. The van der Waals surface area contributed by atoms with Crippen molar-refractivity contribution in [1.82, 2.24) is 29.3 Å². The summed E-state index contributed by atoms with van der Waals surface area (Å²) >= 11 is 0. The zero-order valence-corrected chi connectivity index (χ0v) is 17.3. The van der Waals surface area contributed by atoms with Gasteiger partial charge >= 0.3 is 0 Å². The Kier molecular flexibility index (Phi) is 3.12. The maximum absolute atomic E-state index is 13.2. The van der Waals surface area contributed by atoms with Crippen LogP contribution in [0.3, 0.4) is 0 Å². The number of fused-ring (bicyclic) bond motifs is 1. The summed E-state index contributed by atoms with van der Waals surface area (Å²) in [6.45, 7) is -5.98. The van der Waals surface area contributed by atoms with Crippen LogP contribution in [0, 0.1) is 22.7 Å². The number of aryl methyl sites for hydroxylation is 1. The van der Waals surface area contributed by atoms with Crippen molar-refractivity contribution >= 4 is 23.1 Å². The van der Waals surface area contributed by atoms with Gasteiger partial charge < -0.3 is 16.0 Å². The summed E-state index contributed by atoms with van der Waals surface area (Å²) in [5, 5.41) is 20.5. The van der Waals surface area contributed by atoms with E-state index in [9.17, 15) is 14.9 Å². The number of likely N-dealkylation sites (tertiary alicyclic amines) is 1. The molecule has 5 rings (SSSR count). The first-order chi connectivity index (χ1) is 19.0. The summed E-state index contributed by atoms with van der Waals surface area (Å²) in [4.78, 5) is 31.3. The van der Waals surface area contributed by atoms with E-state index in [4.69, 9.17) is 16.7 Å². The minimum Gasteiger partial charge on any atom is -0.376 e. The highest BCUT2D eigenvalue weighted by atomic mass is 16.2. The van der Waals surface area contributed by atoms with Crippen LogP contribution in [0.1, 0.15) is 47.4 Å². The van der Waals surface area contributed by atoms with Crippen LogP contribution in [-0.4, -0.2) is 60.2 Å². The molecule has 33 heavy (non-hydrogen) atoms. The smallest absolute Gasteiger partial charge is 0.252 e. The van der Waals surface area contributed by atoms with E-state index in [1.54, 1.807) is 0 Å². The highest BCUT2D eigenvalue weighted by Crippen LogP contribution is 2.47. The number of carbonyl (C=O) groups excluding carboxylic acids is 2. The van der Waals surface area contributed by atoms with Crippen molar-refractivity contribution in [3.63, 3.8) is 0 Å². The van der Waals surface area contributed by atoms with Crippen molar-refractivity contribution in [3.8, 4) is 17.3 Å². The molecule has 170 valence electrons. The van der Waals surface area contributed by atoms with Gasteiger partial charge in [0.1, 0.15) is 5.41 Å². The van der Waals surface area contributed by atoms with Crippen LogP contribution in [0.25, 0.3) is 16.9 Å². The van der Waals surface area contributed by atoms with Crippen molar-refractivity contribution in [2.75, 3.05) is 18.4 Å². The maximum Gasteiger partial charge on any atom is 0.252 e. The summed E-state index contributed by atoms with van der Waals surface area (Å²) < 4.78 is 65.1. The third-order valence-corrected chi connectivity index (χ3v) is 6.13. The van der Waals surface area contributed by atoms with Gasteiger partial charge in [-0.25, -0.2) is 9.50 Å². The van der Waals surface area contributed by atoms with Gasteiger partial charge in [0.05, 0.1) is 41.6 Å². The SMILES string of the molecule is [2H]C([2H])([2H])n1cc(-c2cn3ncc(C(N)=O)c(N[C@@H]4CN(C(=O)C5(C#N)CC5)C[C@@H]4C([2H])([2H])C([2H])([2H])[2H])c3n2)cn1. The number of rotatable bonds is 6. The molecule has 11 nitrogen and oxygen atoms in total. The minimum atomic E-state index is -3.05. The molecule has 2 aliphatic rings. The maximum atomic E-state index is 13.2. The van der Waals surface area contributed by atoms with E-state index >= 15 is 0 Å². The average Bonchev–Trinajstić information content (AvgIpc) is 3.23. The molecule has 3 N–H and O–H groups in total. The number of imidazole rings is 1. The van der Waals surface area contributed by atoms with Crippen LogP contribution in [0.15, 0.2) is 24.8 Å². The number of hydrogen-bond acceptors (Lipinski definition) is 7. The van der Waals surface area contributed by atoms with Crippen LogP contribution in [-0.2, 0) is 11.8 Å². The second-order valence-corrected chi connectivity index (χ2v) is 8.27. The second kappa shape index (κ2) is 7.58. The van der Waals surface area contributed by atoms with Crippen molar-refractivity contribution in [1.29, 1.82) is 5.26 Å². The lowest BCUT2D eigenvalue weighted by Crippen LogP contribution is -2.36. The molecule has 0 bridgehead atoms. The first-order valence-electron chi connectivity index (χ1n) is 14.2. The number of amides is 2. The Balaban J connectivity index is 1.57. The van der Waals surface area contributed by atoms with Gasteiger partial charge in [0.25, 0.3) is 5.91 Å². The van der Waals surface area contributed by atoms with Crippen LogP contribution >= 0.6 is 0 Å². The number of anilines is 1. The minimum absolute atomic E-state index is 0.0222. The molecule has 4 heterocycles. The molecule has 0 aromatic carbocycles. The van der Waals surface area contributed by atoms with E-state index in [2.05, 4.69) is 20.5 Å². The summed E-state index contributed by atoms with van der Waals surface area (Å²) in [7, 11) is 0. The Morgan fingerprint density at radius 1 is 1.36 bits per heavy atom. The molecule has 3 aromatic heterocycles. The van der Waals surface area contributed by atoms with Crippen molar-refractivity contribution < 1.29 is 20.6 Å². The van der Waals surface area contributed by atoms with Crippen molar-refractivity contribution in [2.24, 2.45) is 24.0 Å². The predicted molar refractivity (Wildman–Crippen MR) is 119 cm³/mol. The average molecular weight is 456 g/mol. The molecule has 1 aliphatic carbocycles. The molecule has 1 saturated carbocycles. The van der Waals surface area contributed by atoms with Crippen molar-refractivity contribution in [2.45, 2.75) is 32.1 Å². The number of nitrogens with one attached hydrogen (secondary N) is 1. The first kappa shape index (κ1) is 13.6. The number of hydrogen-bond donors (Lipinski definition) is 2. The van der Waals surface area contributed by atoms with E-state index in [0.717, 1.165) is 10.9 Å². The second-order valence-electron chi connectivity index (χ2n) is 8.27. The molecular formula is C22H25N9O2. The van der Waals surface area contributed by atoms with Crippen molar-refractivity contribution in [3.05, 3.63) is 30.4 Å². The van der Waals surface area contributed by atoms with E-state index in [1.165, 1.54) is 28.0 Å². The molecule has 2 amide bonds. The topological polar surface area (TPSA) is 147 Å². The van der Waals surface area contributed by atoms with Gasteiger partial charge in [0.2, 0.25) is 5.91 Å². The molecule has 1 aliphatic heterocycles. The fraction of sp³-hybridized carbons (Fsp3) is 0.455. The highest BCUT2D eigenvalue weighted by molar-refractivity contribution is 6.01. The Morgan fingerprint density at radius 3 is 2.88 bits per heavy atom. The van der Waals surface area contributed by atoms with E-state index in [-0.39, 0.29) is 35.7 Å². The summed E-state index contributed by atoms with van der Waals surface area (Å²) in [5.74, 6) is -2.67. The Hall–Kier alpha value is -3.94. The number of nitrogens with zero attached hydrogens (tertiary/aromatic N) is 7. The molecule has 2 atom stereocenters. The van der Waals surface area contributed by atoms with Gasteiger partial charge in [-0.1, -0.05) is 6.85 Å². The fourth-order valence-electron chi connectivity index (χ4n) is 4.11. The first-order valence-corrected chi connectivity index (χ1v) is 10.2. The third kappa shape index (κ3) is 3.47. The van der Waals surface area contributed by atoms with Gasteiger partial charge in [-0.05, 0) is 25.1 Å². The number of carbonyl (C=O) groups is 2. The van der Waals surface area contributed by atoms with Crippen LogP contribution in [0.5, 0.6) is 0 Å². The molecule has 11 heteroatoms. The quantitative estimate of drug-likeness (QED) is 0.567. The monoisotopic (exact) mass is 455 g/mol. The summed E-state index contributed by atoms with van der Waals surface area (Å²) in [6, 6.07) is 0.992. The van der Waals surface area contributed by atoms with Crippen LogP contribution < -0.4 is 11.1 Å². The standard InChI is InChI=1S/C22H25N9O2/c1-3-13-9-30(21(33)22(12-23)4-5-22)10-16(13)27-18-15(19(24)32)7-26-31-11-17(28-20(18)31)14-6-25-29(2)8-14/h6-8,11,13,16,27H,3-5,9-10H2,1-2H3,(H2,24,32)/t13-,16+/m0/s1/i1D3,2D3,3D2. The molecular weight excluding hydrogens is 422 g/mol. The van der Waals surface area contributed by atoms with E-state index < -0.39 is 49.4 Å². The van der Waals surface area contributed by atoms with Gasteiger partial charge in [0.15, 0.2) is 5.65 Å². The van der Waals surface area contributed by atoms with Gasteiger partial charge in [-0.15, -0.1) is 0 Å². The molecule has 2 fully saturated rings. The Labute approximate surface area is 201 Å². The van der Waals surface area contributed by atoms with Gasteiger partial charge in [0, 0.05) is 48.8 Å².